The van der Waals surface area contributed by atoms with Crippen molar-refractivity contribution >= 4 is 5.69 Å². The van der Waals surface area contributed by atoms with E-state index in [1.165, 1.54) is 0 Å². The highest BCUT2D eigenvalue weighted by Crippen LogP contribution is 2.46. The molecule has 3 nitrogen and oxygen atoms in total. The van der Waals surface area contributed by atoms with Gasteiger partial charge in [-0.05, 0) is 39.4 Å². The smallest absolute Gasteiger partial charge is 0.197 e. The van der Waals surface area contributed by atoms with Crippen LogP contribution in [0.5, 0.6) is 0 Å². The highest BCUT2D eigenvalue weighted by Gasteiger charge is 2.24. The second kappa shape index (κ2) is 9.82. The Balaban J connectivity index is 1.89. The van der Waals surface area contributed by atoms with Gasteiger partial charge in [-0.3, -0.25) is 0 Å². The Bertz CT molecular complexity index is 1580. The van der Waals surface area contributed by atoms with E-state index >= 15 is 0 Å². The molecule has 0 aliphatic carbocycles. The van der Waals surface area contributed by atoms with Crippen molar-refractivity contribution in [2.75, 3.05) is 0 Å². The summed E-state index contributed by atoms with van der Waals surface area (Å²) in [6.07, 6.45) is 0. The van der Waals surface area contributed by atoms with Crippen LogP contribution in [0.2, 0.25) is 0 Å². The maximum atomic E-state index is 10.5. The second-order valence-corrected chi connectivity index (χ2v) is 8.23. The van der Waals surface area contributed by atoms with Crippen molar-refractivity contribution in [3.8, 4) is 56.6 Å². The summed E-state index contributed by atoms with van der Waals surface area (Å²) < 4.78 is 0. The summed E-state index contributed by atoms with van der Waals surface area (Å²) in [7, 11) is 0. The summed E-state index contributed by atoms with van der Waals surface area (Å²) in [6.45, 7) is 7.91. The van der Waals surface area contributed by atoms with Crippen molar-refractivity contribution in [2.45, 2.75) is 0 Å². The van der Waals surface area contributed by atoms with Crippen LogP contribution in [-0.2, 0) is 0 Å². The van der Waals surface area contributed by atoms with Crippen molar-refractivity contribution < 1.29 is 0 Å². The van der Waals surface area contributed by atoms with E-state index in [-0.39, 0.29) is 5.69 Å². The molecule has 0 saturated carbocycles. The Hall–Kier alpha value is -5.43. The van der Waals surface area contributed by atoms with Crippen LogP contribution in [0, 0.1) is 29.2 Å². The molecular weight excluding hydrogens is 438 g/mol. The van der Waals surface area contributed by atoms with Crippen LogP contribution in [-0.4, -0.2) is 0 Å². The number of nitrogens with zero attached hydrogens (tertiary/aromatic N) is 3. The molecule has 0 aromatic heterocycles. The topological polar surface area (TPSA) is 51.9 Å². The zero-order valence-electron chi connectivity index (χ0n) is 19.3. The van der Waals surface area contributed by atoms with E-state index in [2.05, 4.69) is 17.0 Å². The molecule has 0 spiro atoms. The third-order valence-corrected chi connectivity index (χ3v) is 6.22. The van der Waals surface area contributed by atoms with Gasteiger partial charge in [0.2, 0.25) is 0 Å². The fourth-order valence-electron chi connectivity index (χ4n) is 4.65. The first-order valence-corrected chi connectivity index (χ1v) is 11.4. The minimum Gasteiger partial charge on any atom is -0.237 e. The SMILES string of the molecule is [C-]#[N+]c1cc(C#N)c(-c2ccccc2-c2ccccc2)c(C#N)c1-c1ccccc1-c1ccccc1. The lowest BCUT2D eigenvalue weighted by Gasteiger charge is -2.19. The molecule has 5 aromatic rings. The maximum Gasteiger partial charge on any atom is 0.197 e. The molecule has 0 unspecified atom stereocenters. The third kappa shape index (κ3) is 3.91. The summed E-state index contributed by atoms with van der Waals surface area (Å²) in [5.74, 6) is 0. The van der Waals surface area contributed by atoms with Crippen molar-refractivity contribution in [2.24, 2.45) is 0 Å². The molecule has 0 saturated heterocycles. The molecule has 0 heterocycles. The summed E-state index contributed by atoms with van der Waals surface area (Å²) in [6, 6.07) is 41.6. The fourth-order valence-corrected chi connectivity index (χ4v) is 4.65. The third-order valence-electron chi connectivity index (χ3n) is 6.22. The van der Waals surface area contributed by atoms with Gasteiger partial charge in [0.1, 0.15) is 0 Å². The van der Waals surface area contributed by atoms with Gasteiger partial charge in [-0.25, -0.2) is 4.85 Å². The minimum absolute atomic E-state index is 0.285. The van der Waals surface area contributed by atoms with Crippen LogP contribution in [0.4, 0.5) is 5.69 Å². The van der Waals surface area contributed by atoms with Crippen LogP contribution in [0.15, 0.2) is 115 Å². The predicted octanol–water partition coefficient (Wildman–Crippen LogP) is 8.65. The number of benzene rings is 5. The van der Waals surface area contributed by atoms with Crippen LogP contribution < -0.4 is 0 Å². The molecule has 166 valence electrons. The largest absolute Gasteiger partial charge is 0.237 e. The van der Waals surface area contributed by atoms with E-state index in [4.69, 9.17) is 6.57 Å². The minimum atomic E-state index is 0.285. The number of nitriles is 2. The Morgan fingerprint density at radius 3 is 1.42 bits per heavy atom. The number of rotatable bonds is 4. The predicted molar refractivity (Wildman–Crippen MR) is 144 cm³/mol. The number of hydrogen-bond donors (Lipinski definition) is 0. The lowest BCUT2D eigenvalue weighted by Crippen LogP contribution is -1.98. The highest BCUT2D eigenvalue weighted by molar-refractivity contribution is 6.00. The first-order chi connectivity index (χ1) is 17.8. The Morgan fingerprint density at radius 1 is 0.528 bits per heavy atom. The molecule has 0 bridgehead atoms. The van der Waals surface area contributed by atoms with Crippen molar-refractivity contribution in [3.63, 3.8) is 0 Å². The molecule has 5 aromatic carbocycles. The van der Waals surface area contributed by atoms with Crippen molar-refractivity contribution in [1.29, 1.82) is 10.5 Å². The molecule has 36 heavy (non-hydrogen) atoms. The second-order valence-electron chi connectivity index (χ2n) is 8.23. The van der Waals surface area contributed by atoms with Gasteiger partial charge in [-0.1, -0.05) is 109 Å². The standard InChI is InChI=1S/C33H19N3/c1-36-31-20-25(21-34)32(28-18-10-8-16-26(28)23-12-4-2-5-13-23)30(22-35)33(31)29-19-11-9-17-27(29)24-14-6-3-7-15-24/h2-20H. The Kier molecular flexibility index (Phi) is 6.10. The molecule has 0 atom stereocenters. The van der Waals surface area contributed by atoms with Gasteiger partial charge in [0.15, 0.2) is 5.69 Å². The molecule has 0 radical (unpaired) electrons. The lowest BCUT2D eigenvalue weighted by atomic mass is 9.83. The van der Waals surface area contributed by atoms with Gasteiger partial charge >= 0.3 is 0 Å². The molecule has 0 amide bonds. The van der Waals surface area contributed by atoms with Gasteiger partial charge in [-0.2, -0.15) is 10.5 Å². The first kappa shape index (κ1) is 22.4. The van der Waals surface area contributed by atoms with Crippen LogP contribution in [0.25, 0.3) is 49.4 Å². The Morgan fingerprint density at radius 2 is 0.972 bits per heavy atom. The van der Waals surface area contributed by atoms with Crippen molar-refractivity contribution in [3.05, 3.63) is 138 Å². The first-order valence-electron chi connectivity index (χ1n) is 11.4. The highest BCUT2D eigenvalue weighted by atomic mass is 14.7. The summed E-state index contributed by atoms with van der Waals surface area (Å²) in [4.78, 5) is 3.76. The van der Waals surface area contributed by atoms with E-state index in [0.29, 0.717) is 22.3 Å². The zero-order valence-corrected chi connectivity index (χ0v) is 19.3. The van der Waals surface area contributed by atoms with Gasteiger partial charge in [-0.15, -0.1) is 0 Å². The quantitative estimate of drug-likeness (QED) is 0.254. The average molecular weight is 458 g/mol. The lowest BCUT2D eigenvalue weighted by molar-refractivity contribution is 1.44. The molecule has 0 N–H and O–H groups in total. The van der Waals surface area contributed by atoms with Gasteiger partial charge < -0.3 is 0 Å². The molecule has 5 rings (SSSR count). The van der Waals surface area contributed by atoms with E-state index in [0.717, 1.165) is 33.4 Å². The fraction of sp³-hybridized carbons (Fsp3) is 0. The van der Waals surface area contributed by atoms with Gasteiger partial charge in [0, 0.05) is 11.1 Å². The van der Waals surface area contributed by atoms with E-state index < -0.39 is 0 Å². The molecular formula is C33H19N3. The van der Waals surface area contributed by atoms with Crippen LogP contribution in [0.1, 0.15) is 11.1 Å². The van der Waals surface area contributed by atoms with Crippen LogP contribution in [0.3, 0.4) is 0 Å². The van der Waals surface area contributed by atoms with Gasteiger partial charge in [0.25, 0.3) is 0 Å². The van der Waals surface area contributed by atoms with E-state index in [9.17, 15) is 10.5 Å². The maximum absolute atomic E-state index is 10.5. The van der Waals surface area contributed by atoms with E-state index in [1.807, 2.05) is 109 Å². The summed E-state index contributed by atoms with van der Waals surface area (Å²) in [5, 5.41) is 20.6. The van der Waals surface area contributed by atoms with Crippen molar-refractivity contribution in [1.82, 2.24) is 0 Å². The monoisotopic (exact) mass is 457 g/mol. The molecule has 0 aliphatic rings. The summed E-state index contributed by atoms with van der Waals surface area (Å²) >= 11 is 0. The molecule has 0 aliphatic heterocycles. The average Bonchev–Trinajstić information content (AvgIpc) is 2.97. The van der Waals surface area contributed by atoms with E-state index in [1.54, 1.807) is 6.07 Å². The zero-order chi connectivity index (χ0) is 24.9. The van der Waals surface area contributed by atoms with Gasteiger partial charge in [0.05, 0.1) is 29.8 Å². The summed E-state index contributed by atoms with van der Waals surface area (Å²) in [5.41, 5.74) is 7.40. The Labute approximate surface area is 210 Å². The molecule has 3 heteroatoms. The molecule has 0 fully saturated rings. The number of hydrogen-bond acceptors (Lipinski definition) is 2. The van der Waals surface area contributed by atoms with Crippen LogP contribution >= 0.6 is 0 Å². The normalized spacial score (nSPS) is 10.1.